The molecular formula is C27H32N2O4. The highest BCUT2D eigenvalue weighted by Crippen LogP contribution is 2.25. The Labute approximate surface area is 195 Å². The summed E-state index contributed by atoms with van der Waals surface area (Å²) in [6.45, 7) is 10.5. The van der Waals surface area contributed by atoms with E-state index in [2.05, 4.69) is 48.6 Å². The highest BCUT2D eigenvalue weighted by atomic mass is 16.5. The summed E-state index contributed by atoms with van der Waals surface area (Å²) in [4.78, 5) is 11.1. The van der Waals surface area contributed by atoms with Gasteiger partial charge in [-0.3, -0.25) is 9.48 Å². The van der Waals surface area contributed by atoms with Gasteiger partial charge in [-0.25, -0.2) is 0 Å². The van der Waals surface area contributed by atoms with Crippen molar-refractivity contribution in [2.45, 2.75) is 59.8 Å². The van der Waals surface area contributed by atoms with Gasteiger partial charge in [0.25, 0.3) is 0 Å². The minimum absolute atomic E-state index is 0.0175. The molecule has 1 aromatic heterocycles. The number of hydrogen-bond acceptors (Lipinski definition) is 4. The van der Waals surface area contributed by atoms with Gasteiger partial charge >= 0.3 is 5.97 Å². The Morgan fingerprint density at radius 1 is 1.15 bits per heavy atom. The van der Waals surface area contributed by atoms with Crippen molar-refractivity contribution in [2.24, 2.45) is 5.92 Å². The van der Waals surface area contributed by atoms with Crippen molar-refractivity contribution in [3.8, 4) is 17.6 Å². The Morgan fingerprint density at radius 2 is 1.91 bits per heavy atom. The summed E-state index contributed by atoms with van der Waals surface area (Å²) < 4.78 is 13.7. The van der Waals surface area contributed by atoms with Crippen LogP contribution in [-0.4, -0.2) is 27.5 Å². The van der Waals surface area contributed by atoms with Crippen LogP contribution in [0.5, 0.6) is 5.75 Å². The standard InChI is InChI=1S/C27H32N2O4/c1-5-7-22(15-27(30)31)21-9-11-23(12-10-21)33-17-20-8-13-24-25(18-32-6-2)28-29(16-19(3)4)26(24)14-20/h8-14,19,22H,6,15-18H2,1-4H3,(H,30,31). The van der Waals surface area contributed by atoms with E-state index >= 15 is 0 Å². The van der Waals surface area contributed by atoms with Crippen molar-refractivity contribution in [1.29, 1.82) is 0 Å². The fourth-order valence-electron chi connectivity index (χ4n) is 3.73. The van der Waals surface area contributed by atoms with Crippen LogP contribution in [0, 0.1) is 17.8 Å². The number of carboxylic acid groups (broad SMARTS) is 1. The number of hydrogen-bond donors (Lipinski definition) is 1. The smallest absolute Gasteiger partial charge is 0.304 e. The van der Waals surface area contributed by atoms with Gasteiger partial charge < -0.3 is 14.6 Å². The molecule has 3 rings (SSSR count). The highest BCUT2D eigenvalue weighted by molar-refractivity contribution is 5.82. The largest absolute Gasteiger partial charge is 0.489 e. The van der Waals surface area contributed by atoms with Gasteiger partial charge in [0.05, 0.1) is 30.2 Å². The zero-order chi connectivity index (χ0) is 23.8. The normalized spacial score (nSPS) is 11.9. The van der Waals surface area contributed by atoms with E-state index in [4.69, 9.17) is 19.7 Å². The van der Waals surface area contributed by atoms with Crippen LogP contribution in [0.15, 0.2) is 42.5 Å². The summed E-state index contributed by atoms with van der Waals surface area (Å²) in [7, 11) is 0. The lowest BCUT2D eigenvalue weighted by Gasteiger charge is -2.11. The summed E-state index contributed by atoms with van der Waals surface area (Å²) in [6, 6.07) is 13.8. The fraction of sp³-hybridized carbons (Fsp3) is 0.407. The monoisotopic (exact) mass is 448 g/mol. The molecule has 1 heterocycles. The number of ether oxygens (including phenoxy) is 2. The average Bonchev–Trinajstić information content (AvgIpc) is 3.12. The lowest BCUT2D eigenvalue weighted by molar-refractivity contribution is -0.137. The van der Waals surface area contributed by atoms with Crippen LogP contribution in [0.3, 0.4) is 0 Å². The molecule has 0 bridgehead atoms. The van der Waals surface area contributed by atoms with Gasteiger partial charge in [0.1, 0.15) is 12.4 Å². The zero-order valence-electron chi connectivity index (χ0n) is 19.8. The van der Waals surface area contributed by atoms with E-state index < -0.39 is 5.97 Å². The Kier molecular flexibility index (Phi) is 8.51. The van der Waals surface area contributed by atoms with Gasteiger partial charge in [-0.2, -0.15) is 5.10 Å². The first-order chi connectivity index (χ1) is 15.9. The first-order valence-corrected chi connectivity index (χ1v) is 11.3. The molecule has 0 fully saturated rings. The predicted octanol–water partition coefficient (Wildman–Crippen LogP) is 5.39. The molecule has 1 N–H and O–H groups in total. The second-order valence-corrected chi connectivity index (χ2v) is 8.41. The molecule has 0 saturated heterocycles. The van der Waals surface area contributed by atoms with E-state index in [0.717, 1.165) is 40.0 Å². The maximum absolute atomic E-state index is 11.1. The van der Waals surface area contributed by atoms with Crippen LogP contribution in [0.2, 0.25) is 0 Å². The maximum atomic E-state index is 11.1. The van der Waals surface area contributed by atoms with E-state index in [-0.39, 0.29) is 12.3 Å². The Morgan fingerprint density at radius 3 is 2.55 bits per heavy atom. The molecule has 1 unspecified atom stereocenters. The van der Waals surface area contributed by atoms with E-state index in [1.54, 1.807) is 6.92 Å². The van der Waals surface area contributed by atoms with E-state index in [1.807, 2.05) is 31.2 Å². The molecule has 1 atom stereocenters. The number of nitrogens with zero attached hydrogens (tertiary/aromatic N) is 2. The molecule has 6 nitrogen and oxygen atoms in total. The first kappa shape index (κ1) is 24.3. The lowest BCUT2D eigenvalue weighted by atomic mass is 9.96. The van der Waals surface area contributed by atoms with Crippen LogP contribution in [0.1, 0.15) is 56.9 Å². The van der Waals surface area contributed by atoms with E-state index in [0.29, 0.717) is 25.7 Å². The third-order valence-electron chi connectivity index (χ3n) is 5.26. The first-order valence-electron chi connectivity index (χ1n) is 11.3. The minimum Gasteiger partial charge on any atom is -0.489 e. The van der Waals surface area contributed by atoms with Gasteiger partial charge in [-0.05, 0) is 49.1 Å². The minimum atomic E-state index is -0.861. The topological polar surface area (TPSA) is 73.6 Å². The molecular weight excluding hydrogens is 416 g/mol. The van der Waals surface area contributed by atoms with Gasteiger partial charge in [0.15, 0.2) is 0 Å². The van der Waals surface area contributed by atoms with Crippen LogP contribution in [0.25, 0.3) is 10.9 Å². The Hall–Kier alpha value is -3.30. The molecule has 6 heteroatoms. The number of aromatic nitrogens is 2. The number of fused-ring (bicyclic) bond motifs is 1. The van der Waals surface area contributed by atoms with Crippen LogP contribution < -0.4 is 4.74 Å². The zero-order valence-corrected chi connectivity index (χ0v) is 19.8. The van der Waals surface area contributed by atoms with Crippen molar-refractivity contribution >= 4 is 16.9 Å². The number of benzene rings is 2. The Balaban J connectivity index is 1.75. The molecule has 3 aromatic rings. The average molecular weight is 449 g/mol. The summed E-state index contributed by atoms with van der Waals surface area (Å²) in [5.41, 5.74) is 3.98. The third kappa shape index (κ3) is 6.59. The summed E-state index contributed by atoms with van der Waals surface area (Å²) in [5.74, 6) is 5.81. The molecule has 0 aliphatic carbocycles. The van der Waals surface area contributed by atoms with Gasteiger partial charge in [-0.15, -0.1) is 5.92 Å². The van der Waals surface area contributed by atoms with Crippen molar-refractivity contribution in [2.75, 3.05) is 6.61 Å². The SMILES string of the molecule is CC#CC(CC(=O)O)c1ccc(OCc2ccc3c(COCC)nn(CC(C)C)c3c2)cc1. The maximum Gasteiger partial charge on any atom is 0.304 e. The molecule has 0 amide bonds. The molecule has 0 aliphatic rings. The highest BCUT2D eigenvalue weighted by Gasteiger charge is 2.14. The van der Waals surface area contributed by atoms with Gasteiger partial charge in [-0.1, -0.05) is 44.0 Å². The van der Waals surface area contributed by atoms with Crippen molar-refractivity contribution in [1.82, 2.24) is 9.78 Å². The Bertz CT molecular complexity index is 1140. The van der Waals surface area contributed by atoms with Crippen LogP contribution in [0.4, 0.5) is 0 Å². The quantitative estimate of drug-likeness (QED) is 0.398. The number of aliphatic carboxylic acids is 1. The molecule has 0 radical (unpaired) electrons. The lowest BCUT2D eigenvalue weighted by Crippen LogP contribution is -2.07. The number of carbonyl (C=O) groups is 1. The molecule has 2 aromatic carbocycles. The predicted molar refractivity (Wildman–Crippen MR) is 129 cm³/mol. The van der Waals surface area contributed by atoms with Crippen molar-refractivity contribution in [3.05, 3.63) is 59.3 Å². The molecule has 0 saturated carbocycles. The third-order valence-corrected chi connectivity index (χ3v) is 5.26. The summed E-state index contributed by atoms with van der Waals surface area (Å²) in [5, 5.41) is 15.0. The second-order valence-electron chi connectivity index (χ2n) is 8.41. The van der Waals surface area contributed by atoms with E-state index in [1.165, 1.54) is 0 Å². The van der Waals surface area contributed by atoms with Crippen LogP contribution in [-0.2, 0) is 29.3 Å². The second kappa shape index (κ2) is 11.5. The van der Waals surface area contributed by atoms with Crippen LogP contribution >= 0.6 is 0 Å². The number of rotatable bonds is 11. The molecule has 0 aliphatic heterocycles. The summed E-state index contributed by atoms with van der Waals surface area (Å²) in [6.07, 6.45) is -0.0175. The molecule has 33 heavy (non-hydrogen) atoms. The van der Waals surface area contributed by atoms with Gasteiger partial charge in [0.2, 0.25) is 0 Å². The summed E-state index contributed by atoms with van der Waals surface area (Å²) >= 11 is 0. The number of carboxylic acids is 1. The molecule has 0 spiro atoms. The fourth-order valence-corrected chi connectivity index (χ4v) is 3.73. The van der Waals surface area contributed by atoms with E-state index in [9.17, 15) is 4.79 Å². The van der Waals surface area contributed by atoms with Crippen molar-refractivity contribution in [3.63, 3.8) is 0 Å². The van der Waals surface area contributed by atoms with Crippen molar-refractivity contribution < 1.29 is 19.4 Å². The van der Waals surface area contributed by atoms with Gasteiger partial charge in [0, 0.05) is 18.5 Å². The molecule has 174 valence electrons.